The molecule has 2 aromatic rings. The van der Waals surface area contributed by atoms with Crippen LogP contribution in [0.1, 0.15) is 26.3 Å². The molecule has 0 saturated heterocycles. The summed E-state index contributed by atoms with van der Waals surface area (Å²) in [5, 5.41) is 22.7. The molecular formula is C15H11ClN2O5. The van der Waals surface area contributed by atoms with Gasteiger partial charge in [-0.2, -0.15) is 0 Å². The van der Waals surface area contributed by atoms with E-state index in [1.165, 1.54) is 30.3 Å². The molecule has 118 valence electrons. The third kappa shape index (κ3) is 3.64. The summed E-state index contributed by atoms with van der Waals surface area (Å²) in [6, 6.07) is 8.01. The van der Waals surface area contributed by atoms with E-state index in [0.717, 1.165) is 6.07 Å². The number of amides is 1. The number of anilines is 1. The Bertz CT molecular complexity index is 820. The number of nitrogens with one attached hydrogen (secondary N) is 1. The lowest BCUT2D eigenvalue weighted by molar-refractivity contribution is -0.385. The fraction of sp³-hybridized carbons (Fsp3) is 0.0667. The number of aromatic carboxylic acids is 1. The van der Waals surface area contributed by atoms with Crippen LogP contribution in [0.15, 0.2) is 36.4 Å². The van der Waals surface area contributed by atoms with Crippen LogP contribution in [-0.4, -0.2) is 21.9 Å². The normalized spacial score (nSPS) is 10.2. The van der Waals surface area contributed by atoms with E-state index in [4.69, 9.17) is 16.7 Å². The maximum atomic E-state index is 12.2. The average molecular weight is 335 g/mol. The van der Waals surface area contributed by atoms with E-state index in [9.17, 15) is 19.7 Å². The van der Waals surface area contributed by atoms with Gasteiger partial charge in [-0.25, -0.2) is 4.79 Å². The molecule has 1 amide bonds. The van der Waals surface area contributed by atoms with Crippen LogP contribution in [-0.2, 0) is 0 Å². The zero-order valence-electron chi connectivity index (χ0n) is 11.9. The van der Waals surface area contributed by atoms with Crippen molar-refractivity contribution in [1.82, 2.24) is 0 Å². The monoisotopic (exact) mass is 334 g/mol. The van der Waals surface area contributed by atoms with Crippen molar-refractivity contribution >= 4 is 34.9 Å². The van der Waals surface area contributed by atoms with Crippen LogP contribution in [0, 0.1) is 17.0 Å². The van der Waals surface area contributed by atoms with Gasteiger partial charge < -0.3 is 10.4 Å². The third-order valence-corrected chi connectivity index (χ3v) is 3.36. The molecule has 2 rings (SSSR count). The summed E-state index contributed by atoms with van der Waals surface area (Å²) in [5.41, 5.74) is 0.160. The molecule has 0 spiro atoms. The first kappa shape index (κ1) is 16.4. The van der Waals surface area contributed by atoms with Crippen LogP contribution in [0.2, 0.25) is 5.02 Å². The summed E-state index contributed by atoms with van der Waals surface area (Å²) in [4.78, 5) is 33.7. The van der Waals surface area contributed by atoms with Crippen LogP contribution >= 0.6 is 11.6 Å². The summed E-state index contributed by atoms with van der Waals surface area (Å²) in [6.07, 6.45) is 0. The lowest BCUT2D eigenvalue weighted by atomic mass is 10.1. The zero-order valence-corrected chi connectivity index (χ0v) is 12.6. The van der Waals surface area contributed by atoms with Gasteiger partial charge in [0.1, 0.15) is 0 Å². The van der Waals surface area contributed by atoms with Gasteiger partial charge in [-0.15, -0.1) is 0 Å². The highest BCUT2D eigenvalue weighted by molar-refractivity contribution is 6.31. The molecule has 0 aromatic heterocycles. The van der Waals surface area contributed by atoms with E-state index in [1.54, 1.807) is 6.92 Å². The van der Waals surface area contributed by atoms with Crippen LogP contribution in [0.5, 0.6) is 0 Å². The van der Waals surface area contributed by atoms with Crippen molar-refractivity contribution in [3.05, 3.63) is 68.2 Å². The van der Waals surface area contributed by atoms with Crippen molar-refractivity contribution in [2.45, 2.75) is 6.92 Å². The van der Waals surface area contributed by atoms with Crippen LogP contribution in [0.25, 0.3) is 0 Å². The number of carboxylic acid groups (broad SMARTS) is 1. The molecule has 23 heavy (non-hydrogen) atoms. The van der Waals surface area contributed by atoms with Gasteiger partial charge in [0.2, 0.25) is 0 Å². The molecule has 0 bridgehead atoms. The molecule has 0 radical (unpaired) electrons. The molecule has 0 fully saturated rings. The number of hydrogen-bond donors (Lipinski definition) is 2. The van der Waals surface area contributed by atoms with Gasteiger partial charge in [-0.05, 0) is 31.2 Å². The minimum Gasteiger partial charge on any atom is -0.478 e. The molecule has 0 unspecified atom stereocenters. The van der Waals surface area contributed by atoms with Crippen LogP contribution in [0.4, 0.5) is 11.4 Å². The predicted molar refractivity (Wildman–Crippen MR) is 84.2 cm³/mol. The van der Waals surface area contributed by atoms with Gasteiger partial charge in [0, 0.05) is 22.2 Å². The fourth-order valence-corrected chi connectivity index (χ4v) is 2.12. The van der Waals surface area contributed by atoms with Crippen LogP contribution < -0.4 is 5.32 Å². The summed E-state index contributed by atoms with van der Waals surface area (Å²) in [5.74, 6) is -1.91. The number of nitrogens with zero attached hydrogens (tertiary/aromatic N) is 1. The van der Waals surface area contributed by atoms with Gasteiger partial charge >= 0.3 is 5.97 Å². The van der Waals surface area contributed by atoms with Gasteiger partial charge in [-0.1, -0.05) is 17.7 Å². The summed E-state index contributed by atoms with van der Waals surface area (Å²) < 4.78 is 0. The largest absolute Gasteiger partial charge is 0.478 e. The average Bonchev–Trinajstić information content (AvgIpc) is 2.48. The number of carbonyl (C=O) groups excluding carboxylic acids is 1. The van der Waals surface area contributed by atoms with E-state index >= 15 is 0 Å². The smallest absolute Gasteiger partial charge is 0.337 e. The molecule has 2 N–H and O–H groups in total. The van der Waals surface area contributed by atoms with E-state index < -0.39 is 16.8 Å². The molecule has 2 aromatic carbocycles. The lowest BCUT2D eigenvalue weighted by Crippen LogP contribution is -2.15. The second-order valence-corrected chi connectivity index (χ2v) is 5.14. The van der Waals surface area contributed by atoms with Crippen molar-refractivity contribution in [2.24, 2.45) is 0 Å². The van der Waals surface area contributed by atoms with E-state index in [1.807, 2.05) is 0 Å². The first-order valence-corrected chi connectivity index (χ1v) is 6.76. The topological polar surface area (TPSA) is 110 Å². The minimum absolute atomic E-state index is 0.0496. The Morgan fingerprint density at radius 3 is 2.52 bits per heavy atom. The van der Waals surface area contributed by atoms with E-state index in [-0.39, 0.29) is 27.5 Å². The molecule has 0 saturated carbocycles. The number of nitro benzene ring substituents is 1. The Kier molecular flexibility index (Phi) is 4.61. The standard InChI is InChI=1S/C15H11ClN2O5/c1-8-2-3-9(6-13(8)18(22)23)14(19)17-12-5-4-10(16)7-11(12)15(20)21/h2-7H,1H3,(H,17,19)(H,20,21). The molecule has 7 nitrogen and oxygen atoms in total. The van der Waals surface area contributed by atoms with Gasteiger partial charge in [-0.3, -0.25) is 14.9 Å². The molecule has 8 heteroatoms. The Labute approximate surface area is 135 Å². The maximum absolute atomic E-state index is 12.2. The highest BCUT2D eigenvalue weighted by atomic mass is 35.5. The second kappa shape index (κ2) is 6.45. The van der Waals surface area contributed by atoms with E-state index in [2.05, 4.69) is 5.32 Å². The number of carboxylic acids is 1. The maximum Gasteiger partial charge on any atom is 0.337 e. The number of nitro groups is 1. The first-order valence-electron chi connectivity index (χ1n) is 6.39. The predicted octanol–water partition coefficient (Wildman–Crippen LogP) is 3.51. The Morgan fingerprint density at radius 2 is 1.91 bits per heavy atom. The number of carbonyl (C=O) groups is 2. The summed E-state index contributed by atoms with van der Waals surface area (Å²) in [6.45, 7) is 1.56. The van der Waals surface area contributed by atoms with Crippen molar-refractivity contribution in [3.63, 3.8) is 0 Å². The highest BCUT2D eigenvalue weighted by Gasteiger charge is 2.17. The molecule has 0 aliphatic rings. The highest BCUT2D eigenvalue weighted by Crippen LogP contribution is 2.23. The van der Waals surface area contributed by atoms with Crippen LogP contribution in [0.3, 0.4) is 0 Å². The van der Waals surface area contributed by atoms with Crippen molar-refractivity contribution in [1.29, 1.82) is 0 Å². The third-order valence-electron chi connectivity index (χ3n) is 3.13. The number of halogens is 1. The van der Waals surface area contributed by atoms with Crippen molar-refractivity contribution < 1.29 is 19.6 Å². The minimum atomic E-state index is -1.25. The fourth-order valence-electron chi connectivity index (χ4n) is 1.94. The molecule has 0 atom stereocenters. The lowest BCUT2D eigenvalue weighted by Gasteiger charge is -2.09. The Morgan fingerprint density at radius 1 is 1.22 bits per heavy atom. The Balaban J connectivity index is 2.35. The second-order valence-electron chi connectivity index (χ2n) is 4.71. The number of rotatable bonds is 4. The van der Waals surface area contributed by atoms with Crippen molar-refractivity contribution in [3.8, 4) is 0 Å². The van der Waals surface area contributed by atoms with Gasteiger partial charge in [0.25, 0.3) is 11.6 Å². The SMILES string of the molecule is Cc1ccc(C(=O)Nc2ccc(Cl)cc2C(=O)O)cc1[N+](=O)[O-]. The van der Waals surface area contributed by atoms with Crippen molar-refractivity contribution in [2.75, 3.05) is 5.32 Å². The first-order chi connectivity index (χ1) is 10.8. The number of aryl methyl sites for hydroxylation is 1. The number of hydrogen-bond acceptors (Lipinski definition) is 4. The van der Waals surface area contributed by atoms with Gasteiger partial charge in [0.05, 0.1) is 16.2 Å². The zero-order chi connectivity index (χ0) is 17.1. The van der Waals surface area contributed by atoms with E-state index in [0.29, 0.717) is 5.56 Å². The Hall–Kier alpha value is -2.93. The molecule has 0 heterocycles. The molecule has 0 aliphatic carbocycles. The summed E-state index contributed by atoms with van der Waals surface area (Å²) in [7, 11) is 0. The molecular weight excluding hydrogens is 324 g/mol. The molecule has 0 aliphatic heterocycles. The number of benzene rings is 2. The van der Waals surface area contributed by atoms with Gasteiger partial charge in [0.15, 0.2) is 0 Å². The quantitative estimate of drug-likeness (QED) is 0.656. The summed E-state index contributed by atoms with van der Waals surface area (Å²) >= 11 is 5.74.